The van der Waals surface area contributed by atoms with Crippen molar-refractivity contribution < 1.29 is 4.79 Å². The smallest absolute Gasteiger partial charge is 0.225 e. The van der Waals surface area contributed by atoms with Crippen molar-refractivity contribution in [3.05, 3.63) is 54.0 Å². The molecule has 0 radical (unpaired) electrons. The van der Waals surface area contributed by atoms with Crippen molar-refractivity contribution in [1.82, 2.24) is 14.9 Å². The highest BCUT2D eigenvalue weighted by Gasteiger charge is 2.36. The van der Waals surface area contributed by atoms with E-state index < -0.39 is 0 Å². The van der Waals surface area contributed by atoms with Gasteiger partial charge in [0.05, 0.1) is 11.3 Å². The third kappa shape index (κ3) is 3.38. The van der Waals surface area contributed by atoms with Crippen molar-refractivity contribution in [3.63, 3.8) is 0 Å². The number of carbonyl (C=O) groups is 1. The monoisotopic (exact) mass is 423 g/mol. The van der Waals surface area contributed by atoms with Crippen LogP contribution in [0.5, 0.6) is 0 Å². The minimum Gasteiger partial charge on any atom is -0.352 e. The number of aromatic nitrogens is 2. The average molecular weight is 424 g/mol. The highest BCUT2D eigenvalue weighted by atomic mass is 16.2. The van der Waals surface area contributed by atoms with Crippen LogP contribution in [-0.2, 0) is 4.79 Å². The molecule has 6 nitrogen and oxygen atoms in total. The number of nitrogens with zero attached hydrogens (tertiary/aromatic N) is 5. The Labute approximate surface area is 187 Å². The minimum absolute atomic E-state index is 0.256. The van der Waals surface area contributed by atoms with Crippen molar-refractivity contribution in [3.8, 4) is 17.2 Å². The quantitative estimate of drug-likeness (QED) is 0.632. The van der Waals surface area contributed by atoms with Crippen LogP contribution in [0.3, 0.4) is 0 Å². The van der Waals surface area contributed by atoms with Gasteiger partial charge in [-0.05, 0) is 48.8 Å². The van der Waals surface area contributed by atoms with Crippen LogP contribution in [0.1, 0.15) is 42.9 Å². The van der Waals surface area contributed by atoms with Gasteiger partial charge in [-0.15, -0.1) is 0 Å². The Morgan fingerprint density at radius 2 is 1.84 bits per heavy atom. The molecule has 3 aromatic rings. The van der Waals surface area contributed by atoms with Gasteiger partial charge >= 0.3 is 0 Å². The summed E-state index contributed by atoms with van der Waals surface area (Å²) < 4.78 is 0. The molecule has 32 heavy (non-hydrogen) atoms. The molecule has 3 heterocycles. The fourth-order valence-electron chi connectivity index (χ4n) is 4.81. The lowest BCUT2D eigenvalue weighted by atomic mass is 9.95. The Kier molecular flexibility index (Phi) is 4.57. The lowest BCUT2D eigenvalue weighted by Gasteiger charge is -2.36. The number of rotatable bonds is 4. The lowest BCUT2D eigenvalue weighted by molar-refractivity contribution is -0.132. The van der Waals surface area contributed by atoms with Crippen LogP contribution in [0.25, 0.3) is 21.9 Å². The molecule has 1 saturated heterocycles. The van der Waals surface area contributed by atoms with Crippen molar-refractivity contribution in [2.24, 2.45) is 5.92 Å². The number of carbonyl (C=O) groups excluding carboxylic acids is 1. The van der Waals surface area contributed by atoms with E-state index in [1.807, 2.05) is 35.5 Å². The summed E-state index contributed by atoms with van der Waals surface area (Å²) in [5, 5.41) is 12.2. The first-order valence-corrected chi connectivity index (χ1v) is 11.5. The number of amides is 1. The van der Waals surface area contributed by atoms with E-state index in [-0.39, 0.29) is 5.92 Å². The van der Waals surface area contributed by atoms with Gasteiger partial charge in [0, 0.05) is 61.4 Å². The fraction of sp³-hybridized carbons (Fsp3) is 0.385. The number of nitriles is 1. The van der Waals surface area contributed by atoms with Gasteiger partial charge in [0.15, 0.2) is 0 Å². The molecular formula is C26H25N5O. The Hall–Kier alpha value is -3.46. The normalized spacial score (nSPS) is 18.6. The summed E-state index contributed by atoms with van der Waals surface area (Å²) in [7, 11) is 0. The van der Waals surface area contributed by atoms with Crippen LogP contribution in [0.15, 0.2) is 42.7 Å². The fourth-order valence-corrected chi connectivity index (χ4v) is 4.81. The Balaban J connectivity index is 1.38. The first kappa shape index (κ1) is 19.2. The Bertz CT molecular complexity index is 1240. The molecule has 0 atom stereocenters. The molecule has 1 amide bonds. The highest BCUT2D eigenvalue weighted by molar-refractivity contribution is 5.97. The summed E-state index contributed by atoms with van der Waals surface area (Å²) >= 11 is 0. The van der Waals surface area contributed by atoms with Crippen LogP contribution < -0.4 is 4.90 Å². The summed E-state index contributed by atoms with van der Waals surface area (Å²) in [5.74, 6) is 1.79. The molecule has 6 heteroatoms. The van der Waals surface area contributed by atoms with Crippen molar-refractivity contribution in [1.29, 1.82) is 5.26 Å². The number of benzene rings is 1. The van der Waals surface area contributed by atoms with Crippen molar-refractivity contribution in [2.45, 2.75) is 31.6 Å². The number of hydrogen-bond donors (Lipinski definition) is 0. The number of piperazine rings is 1. The molecule has 6 rings (SSSR count). The van der Waals surface area contributed by atoms with Crippen LogP contribution in [0.2, 0.25) is 0 Å². The van der Waals surface area contributed by atoms with Gasteiger partial charge in [-0.2, -0.15) is 5.26 Å². The van der Waals surface area contributed by atoms with Gasteiger partial charge in [0.25, 0.3) is 0 Å². The van der Waals surface area contributed by atoms with Crippen LogP contribution in [0.4, 0.5) is 5.82 Å². The molecule has 3 fully saturated rings. The zero-order valence-electron chi connectivity index (χ0n) is 18.0. The predicted molar refractivity (Wildman–Crippen MR) is 123 cm³/mol. The summed E-state index contributed by atoms with van der Waals surface area (Å²) in [4.78, 5) is 26.0. The first-order chi connectivity index (χ1) is 15.7. The van der Waals surface area contributed by atoms with E-state index in [1.54, 1.807) is 0 Å². The second-order valence-corrected chi connectivity index (χ2v) is 9.17. The van der Waals surface area contributed by atoms with Crippen LogP contribution in [0, 0.1) is 17.2 Å². The molecule has 160 valence electrons. The van der Waals surface area contributed by atoms with Gasteiger partial charge < -0.3 is 9.80 Å². The SMILES string of the molecule is N#Cc1cc(-c2cccc3cnccc23)c(C2CC2)nc1N1CCN(C(=O)C2CC2)CC1. The van der Waals surface area contributed by atoms with Gasteiger partial charge in [-0.1, -0.05) is 18.2 Å². The molecular weight excluding hydrogens is 398 g/mol. The van der Waals surface area contributed by atoms with Crippen molar-refractivity contribution >= 4 is 22.5 Å². The zero-order valence-corrected chi connectivity index (χ0v) is 18.0. The van der Waals surface area contributed by atoms with Crippen LogP contribution in [-0.4, -0.2) is 47.0 Å². The number of hydrogen-bond acceptors (Lipinski definition) is 5. The van der Waals surface area contributed by atoms with Gasteiger partial charge in [0.1, 0.15) is 11.9 Å². The van der Waals surface area contributed by atoms with E-state index in [4.69, 9.17) is 4.98 Å². The van der Waals surface area contributed by atoms with Gasteiger partial charge in [-0.25, -0.2) is 4.98 Å². The van der Waals surface area contributed by atoms with E-state index in [9.17, 15) is 10.1 Å². The molecule has 1 aliphatic heterocycles. The molecule has 1 aromatic carbocycles. The van der Waals surface area contributed by atoms with E-state index in [2.05, 4.69) is 28.1 Å². The summed E-state index contributed by atoms with van der Waals surface area (Å²) in [5.41, 5.74) is 3.88. The van der Waals surface area contributed by atoms with E-state index in [0.717, 1.165) is 72.2 Å². The van der Waals surface area contributed by atoms with Crippen molar-refractivity contribution in [2.75, 3.05) is 31.1 Å². The number of fused-ring (bicyclic) bond motifs is 1. The maximum atomic E-state index is 12.4. The second-order valence-electron chi connectivity index (χ2n) is 9.17. The number of pyridine rings is 2. The molecule has 0 N–H and O–H groups in total. The maximum absolute atomic E-state index is 12.4. The van der Waals surface area contributed by atoms with E-state index >= 15 is 0 Å². The maximum Gasteiger partial charge on any atom is 0.225 e. The first-order valence-electron chi connectivity index (χ1n) is 11.5. The highest BCUT2D eigenvalue weighted by Crippen LogP contribution is 2.46. The third-order valence-electron chi connectivity index (χ3n) is 6.90. The Morgan fingerprint density at radius 3 is 2.56 bits per heavy atom. The van der Waals surface area contributed by atoms with Gasteiger partial charge in [-0.3, -0.25) is 9.78 Å². The lowest BCUT2D eigenvalue weighted by Crippen LogP contribution is -2.49. The molecule has 2 saturated carbocycles. The molecule has 2 aliphatic carbocycles. The molecule has 0 bridgehead atoms. The zero-order chi connectivity index (χ0) is 21.7. The Morgan fingerprint density at radius 1 is 1.03 bits per heavy atom. The topological polar surface area (TPSA) is 73.1 Å². The van der Waals surface area contributed by atoms with Crippen LogP contribution >= 0.6 is 0 Å². The molecule has 2 aromatic heterocycles. The molecule has 0 unspecified atom stereocenters. The third-order valence-corrected chi connectivity index (χ3v) is 6.90. The standard InChI is InChI=1S/C26H25N5O/c27-15-20-14-23(22-3-1-2-19-16-28-9-8-21(19)22)24(17-4-5-17)29-25(20)30-10-12-31(13-11-30)26(32)18-6-7-18/h1-3,8-9,14,16-18H,4-7,10-13H2. The second kappa shape index (κ2) is 7.59. The molecule has 0 spiro atoms. The number of anilines is 1. The molecule has 3 aliphatic rings. The summed E-state index contributed by atoms with van der Waals surface area (Å²) in [6, 6.07) is 12.7. The predicted octanol–water partition coefficient (Wildman–Crippen LogP) is 4.10. The minimum atomic E-state index is 0.256. The summed E-state index contributed by atoms with van der Waals surface area (Å²) in [6.07, 6.45) is 8.05. The van der Waals surface area contributed by atoms with E-state index in [0.29, 0.717) is 30.5 Å². The average Bonchev–Trinajstić information content (AvgIpc) is 3.76. The van der Waals surface area contributed by atoms with Gasteiger partial charge in [0.2, 0.25) is 5.91 Å². The van der Waals surface area contributed by atoms with E-state index in [1.165, 1.54) is 0 Å². The summed E-state index contributed by atoms with van der Waals surface area (Å²) in [6.45, 7) is 2.87. The largest absolute Gasteiger partial charge is 0.352 e.